The summed E-state index contributed by atoms with van der Waals surface area (Å²) in [7, 11) is 0. The van der Waals surface area contributed by atoms with Gasteiger partial charge in [-0.2, -0.15) is 0 Å². The highest BCUT2D eigenvalue weighted by Gasteiger charge is 2.24. The molecule has 0 aliphatic heterocycles. The highest BCUT2D eigenvalue weighted by molar-refractivity contribution is 6.13. The molecule has 5 heteroatoms. The van der Waals surface area contributed by atoms with Gasteiger partial charge < -0.3 is 8.98 Å². The number of para-hydroxylation sites is 5. The molecule has 3 aromatic heterocycles. The molecule has 0 saturated carbocycles. The van der Waals surface area contributed by atoms with Crippen molar-refractivity contribution in [2.75, 3.05) is 0 Å². The number of hydrogen-bond acceptors (Lipinski definition) is 4. The second kappa shape index (κ2) is 11.4. The topological polar surface area (TPSA) is 56.7 Å². The van der Waals surface area contributed by atoms with Gasteiger partial charge in [0.2, 0.25) is 0 Å². The van der Waals surface area contributed by atoms with Crippen molar-refractivity contribution in [2.45, 2.75) is 0 Å². The maximum Gasteiger partial charge on any atom is 0.166 e. The molecule has 0 saturated heterocycles. The number of benzene rings is 7. The Morgan fingerprint density at radius 3 is 1.88 bits per heavy atom. The minimum absolute atomic E-state index is 0.0202. The van der Waals surface area contributed by atoms with Crippen LogP contribution in [0.15, 0.2) is 174 Å². The van der Waals surface area contributed by atoms with E-state index in [9.17, 15) is 1.37 Å². The van der Waals surface area contributed by atoms with E-state index in [4.69, 9.17) is 33.1 Å². The van der Waals surface area contributed by atoms with Crippen LogP contribution in [0.3, 0.4) is 0 Å². The van der Waals surface area contributed by atoms with Crippen molar-refractivity contribution in [1.82, 2.24) is 19.5 Å². The van der Waals surface area contributed by atoms with E-state index in [0.29, 0.717) is 22.4 Å². The summed E-state index contributed by atoms with van der Waals surface area (Å²) in [6, 6.07) is 26.2. The highest BCUT2D eigenvalue weighted by atomic mass is 16.3. The molecule has 0 unspecified atom stereocenters. The van der Waals surface area contributed by atoms with Crippen molar-refractivity contribution in [3.8, 4) is 51.0 Å². The van der Waals surface area contributed by atoms with E-state index in [-0.39, 0.29) is 80.8 Å². The zero-order valence-corrected chi connectivity index (χ0v) is 26.0. The summed E-state index contributed by atoms with van der Waals surface area (Å²) in [5, 5.41) is 1.83. The summed E-state index contributed by atoms with van der Waals surface area (Å²) in [6.45, 7) is 0. The molecule has 0 bridgehead atoms. The van der Waals surface area contributed by atoms with Gasteiger partial charge in [0.1, 0.15) is 11.2 Å². The lowest BCUT2D eigenvalue weighted by molar-refractivity contribution is 0.670. The Morgan fingerprint density at radius 1 is 0.440 bits per heavy atom. The Bertz CT molecular complexity index is 3430. The SMILES string of the molecule is [2H]c1cc([2H])c2oc3c(-c4cccc(-c5nc(-c6ccccc6)nc(-c6c([2H])c([2H])c([2H])c([2H])c6[2H])n5)c4-n4c5ccccc5c5ccccc54)c([2H])c([2H])c([2H])c3c2c1[2H]. The molecule has 10 aromatic rings. The molecule has 0 aliphatic carbocycles. The number of aromatic nitrogens is 4. The smallest absolute Gasteiger partial charge is 0.166 e. The van der Waals surface area contributed by atoms with Gasteiger partial charge in [-0.05, 0) is 24.2 Å². The molecular weight excluding hydrogens is 613 g/mol. The molecule has 3 heterocycles. The summed E-state index contributed by atoms with van der Waals surface area (Å²) < 4.78 is 105. The van der Waals surface area contributed by atoms with Crippen LogP contribution in [0.5, 0.6) is 0 Å². The first-order valence-electron chi connectivity index (χ1n) is 21.3. The van der Waals surface area contributed by atoms with Crippen molar-refractivity contribution in [2.24, 2.45) is 0 Å². The lowest BCUT2D eigenvalue weighted by Gasteiger charge is -2.19. The van der Waals surface area contributed by atoms with E-state index in [0.717, 1.165) is 21.8 Å². The van der Waals surface area contributed by atoms with Crippen molar-refractivity contribution in [3.05, 3.63) is 170 Å². The van der Waals surface area contributed by atoms with Crippen LogP contribution in [0.25, 0.3) is 94.7 Å². The van der Waals surface area contributed by atoms with E-state index in [1.807, 2.05) is 59.2 Å². The van der Waals surface area contributed by atoms with Gasteiger partial charge in [-0.1, -0.05) is 145 Å². The number of hydrogen-bond donors (Lipinski definition) is 0. The number of nitrogens with zero attached hydrogens (tertiary/aromatic N) is 4. The maximum atomic E-state index is 9.46. The van der Waals surface area contributed by atoms with Gasteiger partial charge in [-0.15, -0.1) is 0 Å². The standard InChI is InChI=1S/C45H28N4O/c1-3-15-29(16-4-1)43-46-44(30-17-5-2-6-18-30)48-45(47-43)37-25-13-22-34(36-24-14-23-35-33-21-9-12-28-40(33)50-42(35)36)41(37)49-38-26-10-7-19-31(38)32-20-8-11-27-39(32)49/h1-28H/i1D,3D,4D,9D,14D,15D,16D,21D,23D,24D,28D. The summed E-state index contributed by atoms with van der Waals surface area (Å²) in [4.78, 5) is 14.5. The van der Waals surface area contributed by atoms with Crippen LogP contribution in [-0.2, 0) is 0 Å². The highest BCUT2D eigenvalue weighted by Crippen LogP contribution is 2.44. The fourth-order valence-electron chi connectivity index (χ4n) is 6.58. The Balaban J connectivity index is 1.40. The van der Waals surface area contributed by atoms with Crippen molar-refractivity contribution in [3.63, 3.8) is 0 Å². The van der Waals surface area contributed by atoms with Gasteiger partial charge >= 0.3 is 0 Å². The quantitative estimate of drug-likeness (QED) is 0.186. The molecule has 0 fully saturated rings. The Morgan fingerprint density at radius 2 is 1.10 bits per heavy atom. The van der Waals surface area contributed by atoms with Crippen LogP contribution < -0.4 is 0 Å². The molecule has 7 aromatic carbocycles. The number of rotatable bonds is 5. The van der Waals surface area contributed by atoms with Crippen molar-refractivity contribution in [1.29, 1.82) is 0 Å². The Labute approximate surface area is 303 Å². The molecule has 50 heavy (non-hydrogen) atoms. The van der Waals surface area contributed by atoms with Crippen molar-refractivity contribution < 1.29 is 19.5 Å². The lowest BCUT2D eigenvalue weighted by atomic mass is 9.97. The molecule has 0 spiro atoms. The molecule has 0 atom stereocenters. The number of furan rings is 1. The fourth-order valence-corrected chi connectivity index (χ4v) is 6.58. The Kier molecular flexibility index (Phi) is 4.38. The third kappa shape index (κ3) is 4.45. The van der Waals surface area contributed by atoms with Gasteiger partial charge in [0.25, 0.3) is 0 Å². The predicted octanol–water partition coefficient (Wildman–Crippen LogP) is 11.5. The molecule has 0 radical (unpaired) electrons. The van der Waals surface area contributed by atoms with Gasteiger partial charge in [-0.25, -0.2) is 15.0 Å². The van der Waals surface area contributed by atoms with Crippen molar-refractivity contribution >= 4 is 43.7 Å². The van der Waals surface area contributed by atoms with Crippen LogP contribution in [-0.4, -0.2) is 19.5 Å². The summed E-state index contributed by atoms with van der Waals surface area (Å²) in [6.07, 6.45) is 0. The van der Waals surface area contributed by atoms with Gasteiger partial charge in [-0.3, -0.25) is 0 Å². The molecule has 0 amide bonds. The molecule has 0 aliphatic rings. The summed E-state index contributed by atoms with van der Waals surface area (Å²) in [5.41, 5.74) is 2.93. The normalized spacial score (nSPS) is 14.7. The predicted molar refractivity (Wildman–Crippen MR) is 203 cm³/mol. The van der Waals surface area contributed by atoms with E-state index < -0.39 is 36.3 Å². The van der Waals surface area contributed by atoms with Gasteiger partial charge in [0.15, 0.2) is 17.5 Å². The van der Waals surface area contributed by atoms with Crippen LogP contribution in [0.1, 0.15) is 15.1 Å². The lowest BCUT2D eigenvalue weighted by Crippen LogP contribution is -2.05. The molecule has 10 rings (SSSR count). The van der Waals surface area contributed by atoms with E-state index >= 15 is 0 Å². The third-order valence-electron chi connectivity index (χ3n) is 8.72. The van der Waals surface area contributed by atoms with Crippen LogP contribution in [0, 0.1) is 0 Å². The number of fused-ring (bicyclic) bond motifs is 6. The summed E-state index contributed by atoms with van der Waals surface area (Å²) in [5.74, 6) is 0.0196. The first kappa shape index (κ1) is 19.2. The minimum Gasteiger partial charge on any atom is -0.455 e. The van der Waals surface area contributed by atoms with Gasteiger partial charge in [0, 0.05) is 49.4 Å². The van der Waals surface area contributed by atoms with Crippen LogP contribution >= 0.6 is 0 Å². The molecule has 5 nitrogen and oxygen atoms in total. The largest absolute Gasteiger partial charge is 0.455 e. The average Bonchev–Trinajstić information content (AvgIpc) is 3.84. The van der Waals surface area contributed by atoms with E-state index in [1.54, 1.807) is 42.5 Å². The molecule has 0 N–H and O–H groups in total. The first-order chi connectivity index (χ1) is 29.4. The minimum atomic E-state index is -0.567. The van der Waals surface area contributed by atoms with E-state index in [2.05, 4.69) is 0 Å². The first-order valence-corrected chi connectivity index (χ1v) is 15.8. The van der Waals surface area contributed by atoms with Crippen LogP contribution in [0.4, 0.5) is 0 Å². The van der Waals surface area contributed by atoms with Gasteiger partial charge in [0.05, 0.1) is 31.8 Å². The Hall–Kier alpha value is -6.85. The molecular formula is C45H28N4O. The second-order valence-electron chi connectivity index (χ2n) is 11.6. The fraction of sp³-hybridized carbons (Fsp3) is 0. The maximum absolute atomic E-state index is 9.46. The average molecular weight is 652 g/mol. The summed E-state index contributed by atoms with van der Waals surface area (Å²) >= 11 is 0. The zero-order valence-electron chi connectivity index (χ0n) is 37.0. The van der Waals surface area contributed by atoms with E-state index in [1.165, 1.54) is 6.07 Å². The zero-order chi connectivity index (χ0) is 42.6. The second-order valence-corrected chi connectivity index (χ2v) is 11.6. The molecule has 234 valence electrons. The van der Waals surface area contributed by atoms with Crippen LogP contribution in [0.2, 0.25) is 0 Å². The monoisotopic (exact) mass is 651 g/mol. The third-order valence-corrected chi connectivity index (χ3v) is 8.72.